The molecule has 2 rings (SSSR count). The largest absolute Gasteiger partial charge is 0.486 e. The molecule has 0 unspecified atom stereocenters. The van der Waals surface area contributed by atoms with Gasteiger partial charge in [-0.05, 0) is 12.1 Å². The molecule has 1 aliphatic heterocycles. The van der Waals surface area contributed by atoms with Crippen LogP contribution in [0.25, 0.3) is 0 Å². The molecule has 18 heavy (non-hydrogen) atoms. The van der Waals surface area contributed by atoms with Crippen molar-refractivity contribution in [3.63, 3.8) is 0 Å². The van der Waals surface area contributed by atoms with Crippen LogP contribution in [0, 0.1) is 0 Å². The predicted molar refractivity (Wildman–Crippen MR) is 60.8 cm³/mol. The summed E-state index contributed by atoms with van der Waals surface area (Å²) >= 11 is 0. The molecule has 1 aliphatic rings. The highest BCUT2D eigenvalue weighted by molar-refractivity contribution is 5.51. The number of hydrogen-bond acceptors (Lipinski definition) is 4. The molecule has 1 N–H and O–H groups in total. The van der Waals surface area contributed by atoms with Crippen LogP contribution < -0.4 is 15.0 Å². The molecule has 0 saturated carbocycles. The highest BCUT2D eigenvalue weighted by Crippen LogP contribution is 2.39. The standard InChI is InChI=1S/C12H15F2NO3/c1-12(13,14)9-5-8(7-15-16-2)11-10(6-9)17-3-4-18-11/h5-6,15H,3-4,7H2,1-2H3. The molecule has 100 valence electrons. The number of fused-ring (bicyclic) bond motifs is 1. The minimum absolute atomic E-state index is 0.0975. The minimum Gasteiger partial charge on any atom is -0.486 e. The van der Waals surface area contributed by atoms with E-state index in [0.717, 1.165) is 6.92 Å². The summed E-state index contributed by atoms with van der Waals surface area (Å²) in [5.41, 5.74) is 3.10. The summed E-state index contributed by atoms with van der Waals surface area (Å²) in [6.45, 7) is 1.90. The molecule has 0 radical (unpaired) electrons. The summed E-state index contributed by atoms with van der Waals surface area (Å²) in [4.78, 5) is 4.73. The Morgan fingerprint density at radius 3 is 2.72 bits per heavy atom. The molecule has 0 amide bonds. The molecular formula is C12H15F2NO3. The lowest BCUT2D eigenvalue weighted by Crippen LogP contribution is -2.20. The van der Waals surface area contributed by atoms with Crippen LogP contribution >= 0.6 is 0 Å². The zero-order valence-corrected chi connectivity index (χ0v) is 10.3. The molecule has 1 aromatic rings. The van der Waals surface area contributed by atoms with Crippen molar-refractivity contribution in [2.45, 2.75) is 19.4 Å². The maximum Gasteiger partial charge on any atom is 0.270 e. The van der Waals surface area contributed by atoms with Gasteiger partial charge >= 0.3 is 0 Å². The molecule has 0 fully saturated rings. The fraction of sp³-hybridized carbons (Fsp3) is 0.500. The van der Waals surface area contributed by atoms with Gasteiger partial charge in [0.05, 0.1) is 7.11 Å². The summed E-state index contributed by atoms with van der Waals surface area (Å²) in [5, 5.41) is 0. The van der Waals surface area contributed by atoms with E-state index in [1.54, 1.807) is 0 Å². The second kappa shape index (κ2) is 5.07. The van der Waals surface area contributed by atoms with E-state index in [2.05, 4.69) is 5.48 Å². The molecular weight excluding hydrogens is 244 g/mol. The van der Waals surface area contributed by atoms with Crippen LogP contribution in [0.2, 0.25) is 0 Å². The van der Waals surface area contributed by atoms with Crippen LogP contribution in [-0.4, -0.2) is 20.3 Å². The third-order valence-corrected chi connectivity index (χ3v) is 2.63. The first-order valence-corrected chi connectivity index (χ1v) is 5.59. The zero-order chi connectivity index (χ0) is 13.2. The Labute approximate surface area is 104 Å². The van der Waals surface area contributed by atoms with Crippen LogP contribution in [-0.2, 0) is 17.3 Å². The van der Waals surface area contributed by atoms with Gasteiger partial charge < -0.3 is 14.3 Å². The SMILES string of the molecule is CONCc1cc(C(C)(F)F)cc2c1OCCO2. The molecule has 0 saturated heterocycles. The summed E-state index contributed by atoms with van der Waals surface area (Å²) in [5.74, 6) is -2.07. The molecule has 0 spiro atoms. The normalized spacial score (nSPS) is 14.7. The number of alkyl halides is 2. The van der Waals surface area contributed by atoms with E-state index < -0.39 is 5.92 Å². The number of rotatable bonds is 4. The number of benzene rings is 1. The van der Waals surface area contributed by atoms with Crippen LogP contribution in [0.1, 0.15) is 18.1 Å². The number of hydrogen-bond donors (Lipinski definition) is 1. The van der Waals surface area contributed by atoms with Crippen molar-refractivity contribution in [1.29, 1.82) is 0 Å². The van der Waals surface area contributed by atoms with Gasteiger partial charge in [-0.2, -0.15) is 5.48 Å². The second-order valence-corrected chi connectivity index (χ2v) is 4.07. The van der Waals surface area contributed by atoms with Gasteiger partial charge in [0.15, 0.2) is 11.5 Å². The van der Waals surface area contributed by atoms with Gasteiger partial charge in [0.1, 0.15) is 13.2 Å². The lowest BCUT2D eigenvalue weighted by Gasteiger charge is -2.23. The molecule has 1 heterocycles. The van der Waals surface area contributed by atoms with Crippen molar-refractivity contribution in [2.24, 2.45) is 0 Å². The first-order chi connectivity index (χ1) is 8.52. The zero-order valence-electron chi connectivity index (χ0n) is 10.3. The van der Waals surface area contributed by atoms with E-state index in [1.807, 2.05) is 0 Å². The molecule has 1 aromatic carbocycles. The van der Waals surface area contributed by atoms with E-state index in [1.165, 1.54) is 19.2 Å². The fourth-order valence-corrected chi connectivity index (χ4v) is 1.76. The lowest BCUT2D eigenvalue weighted by atomic mass is 10.0. The minimum atomic E-state index is -2.92. The molecule has 0 aromatic heterocycles. The number of nitrogens with one attached hydrogen (secondary N) is 1. The summed E-state index contributed by atoms with van der Waals surface area (Å²) in [7, 11) is 1.46. The maximum atomic E-state index is 13.4. The molecule has 4 nitrogen and oxygen atoms in total. The van der Waals surface area contributed by atoms with Gasteiger partial charge in [0.2, 0.25) is 0 Å². The summed E-state index contributed by atoms with van der Waals surface area (Å²) in [6, 6.07) is 2.73. The van der Waals surface area contributed by atoms with Crippen LogP contribution in [0.5, 0.6) is 11.5 Å². The van der Waals surface area contributed by atoms with Crippen LogP contribution in [0.15, 0.2) is 12.1 Å². The van der Waals surface area contributed by atoms with Gasteiger partial charge in [-0.15, -0.1) is 0 Å². The number of hydroxylamine groups is 1. The third-order valence-electron chi connectivity index (χ3n) is 2.63. The first-order valence-electron chi connectivity index (χ1n) is 5.59. The third kappa shape index (κ3) is 2.70. The van der Waals surface area contributed by atoms with Gasteiger partial charge in [-0.1, -0.05) is 0 Å². The Kier molecular flexibility index (Phi) is 3.68. The Morgan fingerprint density at radius 2 is 2.06 bits per heavy atom. The number of ether oxygens (including phenoxy) is 2. The van der Waals surface area contributed by atoms with Crippen molar-refractivity contribution in [3.8, 4) is 11.5 Å². The molecule has 0 aliphatic carbocycles. The smallest absolute Gasteiger partial charge is 0.270 e. The summed E-state index contributed by atoms with van der Waals surface area (Å²) in [6.07, 6.45) is 0. The van der Waals surface area contributed by atoms with Crippen molar-refractivity contribution >= 4 is 0 Å². The van der Waals surface area contributed by atoms with E-state index in [4.69, 9.17) is 14.3 Å². The van der Waals surface area contributed by atoms with Crippen LogP contribution in [0.3, 0.4) is 0 Å². The summed E-state index contributed by atoms with van der Waals surface area (Å²) < 4.78 is 37.6. The highest BCUT2D eigenvalue weighted by atomic mass is 19.3. The van der Waals surface area contributed by atoms with E-state index in [-0.39, 0.29) is 12.1 Å². The van der Waals surface area contributed by atoms with Gasteiger partial charge in [-0.3, -0.25) is 0 Å². The van der Waals surface area contributed by atoms with Crippen LogP contribution in [0.4, 0.5) is 8.78 Å². The molecule has 0 bridgehead atoms. The van der Waals surface area contributed by atoms with Gasteiger partial charge in [0.25, 0.3) is 5.92 Å². The predicted octanol–water partition coefficient (Wildman–Crippen LogP) is 2.22. The fourth-order valence-electron chi connectivity index (χ4n) is 1.76. The average Bonchev–Trinajstić information content (AvgIpc) is 2.34. The molecule has 6 heteroatoms. The van der Waals surface area contributed by atoms with Gasteiger partial charge in [-0.25, -0.2) is 8.78 Å². The van der Waals surface area contributed by atoms with E-state index >= 15 is 0 Å². The molecule has 0 atom stereocenters. The first kappa shape index (κ1) is 13.0. The second-order valence-electron chi connectivity index (χ2n) is 4.07. The van der Waals surface area contributed by atoms with Crippen molar-refractivity contribution in [2.75, 3.05) is 20.3 Å². The number of halogens is 2. The van der Waals surface area contributed by atoms with Crippen molar-refractivity contribution in [3.05, 3.63) is 23.3 Å². The average molecular weight is 259 g/mol. The Morgan fingerprint density at radius 1 is 1.33 bits per heavy atom. The monoisotopic (exact) mass is 259 g/mol. The maximum absolute atomic E-state index is 13.4. The van der Waals surface area contributed by atoms with E-state index in [9.17, 15) is 8.78 Å². The lowest BCUT2D eigenvalue weighted by molar-refractivity contribution is 0.0166. The van der Waals surface area contributed by atoms with Gasteiger partial charge in [0, 0.05) is 24.6 Å². The topological polar surface area (TPSA) is 39.7 Å². The quantitative estimate of drug-likeness (QED) is 0.842. The van der Waals surface area contributed by atoms with Crippen molar-refractivity contribution in [1.82, 2.24) is 5.48 Å². The Bertz CT molecular complexity index is 432. The van der Waals surface area contributed by atoms with E-state index in [0.29, 0.717) is 30.3 Å². The highest BCUT2D eigenvalue weighted by Gasteiger charge is 2.28. The van der Waals surface area contributed by atoms with Crippen molar-refractivity contribution < 1.29 is 23.1 Å². The Balaban J connectivity index is 2.41. The Hall–Kier alpha value is -1.40.